The van der Waals surface area contributed by atoms with E-state index >= 15 is 0 Å². The minimum absolute atomic E-state index is 0.0347. The van der Waals surface area contributed by atoms with Gasteiger partial charge in [-0.25, -0.2) is 17.5 Å². The average Bonchev–Trinajstić information content (AvgIpc) is 2.65. The summed E-state index contributed by atoms with van der Waals surface area (Å²) in [4.78, 5) is -0.947. The lowest BCUT2D eigenvalue weighted by Crippen LogP contribution is -2.34. The Kier molecular flexibility index (Phi) is 7.65. The molecule has 0 aromatic heterocycles. The van der Waals surface area contributed by atoms with E-state index in [1.54, 1.807) is 6.07 Å². The third-order valence-corrected chi connectivity index (χ3v) is 5.62. The van der Waals surface area contributed by atoms with Gasteiger partial charge in [0, 0.05) is 23.7 Å². The van der Waals surface area contributed by atoms with E-state index in [9.17, 15) is 26.0 Å². The standard InChI is InChI=1S/C18H16ClF4N3O3S/c19-12-2-4-17(15(7-12)18(21,22)23)30(27,28)26-6-5-13(25)10-29-14-3-1-11(9-24)16(20)8-14/h1-4,7-8,13,26H,5-6,10,25H2/t13-/m0/s1. The highest BCUT2D eigenvalue weighted by Crippen LogP contribution is 2.35. The third kappa shape index (κ3) is 6.30. The van der Waals surface area contributed by atoms with Crippen LogP contribution in [0.5, 0.6) is 5.75 Å². The van der Waals surface area contributed by atoms with E-state index in [1.807, 2.05) is 0 Å². The van der Waals surface area contributed by atoms with Gasteiger partial charge in [0.25, 0.3) is 0 Å². The fraction of sp³-hybridized carbons (Fsp3) is 0.278. The van der Waals surface area contributed by atoms with Gasteiger partial charge in [0.2, 0.25) is 10.0 Å². The number of ether oxygens (including phenoxy) is 1. The van der Waals surface area contributed by atoms with Gasteiger partial charge in [-0.05, 0) is 36.8 Å². The molecule has 0 fully saturated rings. The summed E-state index contributed by atoms with van der Waals surface area (Å²) in [7, 11) is -4.47. The highest BCUT2D eigenvalue weighted by atomic mass is 35.5. The zero-order valence-electron chi connectivity index (χ0n) is 15.2. The number of nitrogens with zero attached hydrogens (tertiary/aromatic N) is 1. The van der Waals surface area contributed by atoms with E-state index in [0.717, 1.165) is 18.2 Å². The number of rotatable bonds is 8. The van der Waals surface area contributed by atoms with Crippen molar-refractivity contribution in [2.45, 2.75) is 23.5 Å². The summed E-state index contributed by atoms with van der Waals surface area (Å²) < 4.78 is 84.7. The van der Waals surface area contributed by atoms with E-state index in [-0.39, 0.29) is 35.9 Å². The molecule has 3 N–H and O–H groups in total. The molecule has 0 spiro atoms. The number of alkyl halides is 3. The van der Waals surface area contributed by atoms with Gasteiger partial charge in [0.05, 0.1) is 16.0 Å². The van der Waals surface area contributed by atoms with Crippen LogP contribution < -0.4 is 15.2 Å². The average molecular weight is 466 g/mol. The Labute approximate surface area is 175 Å². The van der Waals surface area contributed by atoms with Gasteiger partial charge in [0.1, 0.15) is 24.2 Å². The van der Waals surface area contributed by atoms with Crippen molar-refractivity contribution in [1.82, 2.24) is 4.72 Å². The normalized spacial score (nSPS) is 13.0. The lowest BCUT2D eigenvalue weighted by Gasteiger charge is -2.16. The highest BCUT2D eigenvalue weighted by molar-refractivity contribution is 7.89. The maximum Gasteiger partial charge on any atom is 0.417 e. The van der Waals surface area contributed by atoms with Crippen LogP contribution in [0.1, 0.15) is 17.5 Å². The number of benzene rings is 2. The van der Waals surface area contributed by atoms with Crippen LogP contribution in [-0.4, -0.2) is 27.6 Å². The smallest absolute Gasteiger partial charge is 0.417 e. The van der Waals surface area contributed by atoms with Crippen molar-refractivity contribution in [2.75, 3.05) is 13.2 Å². The van der Waals surface area contributed by atoms with Crippen molar-refractivity contribution >= 4 is 21.6 Å². The summed E-state index contributed by atoms with van der Waals surface area (Å²) in [6.45, 7) is -0.365. The molecule has 0 bridgehead atoms. The van der Waals surface area contributed by atoms with E-state index in [4.69, 9.17) is 27.3 Å². The van der Waals surface area contributed by atoms with Gasteiger partial charge in [-0.15, -0.1) is 0 Å². The molecule has 0 unspecified atom stereocenters. The zero-order valence-corrected chi connectivity index (χ0v) is 16.8. The van der Waals surface area contributed by atoms with Crippen molar-refractivity contribution in [1.29, 1.82) is 5.26 Å². The van der Waals surface area contributed by atoms with Gasteiger partial charge in [-0.2, -0.15) is 18.4 Å². The van der Waals surface area contributed by atoms with Crippen molar-refractivity contribution in [3.05, 3.63) is 58.4 Å². The fourth-order valence-electron chi connectivity index (χ4n) is 2.38. The van der Waals surface area contributed by atoms with Crippen LogP contribution in [0, 0.1) is 17.1 Å². The van der Waals surface area contributed by atoms with E-state index in [1.165, 1.54) is 12.1 Å². The van der Waals surface area contributed by atoms with E-state index < -0.39 is 38.5 Å². The molecule has 162 valence electrons. The van der Waals surface area contributed by atoms with Crippen molar-refractivity contribution in [3.8, 4) is 11.8 Å². The molecule has 0 saturated carbocycles. The quantitative estimate of drug-likeness (QED) is 0.581. The summed E-state index contributed by atoms with van der Waals surface area (Å²) in [5.41, 5.74) is 4.27. The van der Waals surface area contributed by atoms with E-state index in [2.05, 4.69) is 4.72 Å². The van der Waals surface area contributed by atoms with Crippen LogP contribution in [0.25, 0.3) is 0 Å². The van der Waals surface area contributed by atoms with Crippen LogP contribution in [0.15, 0.2) is 41.3 Å². The van der Waals surface area contributed by atoms with Gasteiger partial charge in [-0.3, -0.25) is 0 Å². The van der Waals surface area contributed by atoms with Crippen molar-refractivity contribution in [2.24, 2.45) is 5.73 Å². The number of sulfonamides is 1. The second-order valence-electron chi connectivity index (χ2n) is 6.15. The summed E-state index contributed by atoms with van der Waals surface area (Å²) in [6.07, 6.45) is -4.87. The lowest BCUT2D eigenvalue weighted by atomic mass is 10.2. The Morgan fingerprint density at radius 1 is 1.23 bits per heavy atom. The molecule has 0 saturated heterocycles. The molecule has 0 aliphatic rings. The maximum absolute atomic E-state index is 13.5. The Hall–Kier alpha value is -2.39. The first-order chi connectivity index (χ1) is 13.9. The van der Waals surface area contributed by atoms with Gasteiger partial charge < -0.3 is 10.5 Å². The third-order valence-electron chi connectivity index (χ3n) is 3.87. The molecule has 2 aromatic rings. The van der Waals surface area contributed by atoms with Crippen LogP contribution in [-0.2, 0) is 16.2 Å². The Morgan fingerprint density at radius 3 is 2.53 bits per heavy atom. The Bertz CT molecular complexity index is 1060. The SMILES string of the molecule is N#Cc1ccc(OC[C@@H](N)CCNS(=O)(=O)c2ccc(Cl)cc2C(F)(F)F)cc1F. The molecule has 0 radical (unpaired) electrons. The molecular formula is C18H16ClF4N3O3S. The molecule has 0 aliphatic heterocycles. The Morgan fingerprint density at radius 2 is 1.93 bits per heavy atom. The second kappa shape index (κ2) is 9.61. The maximum atomic E-state index is 13.5. The minimum Gasteiger partial charge on any atom is -0.492 e. The number of nitriles is 1. The number of hydrogen-bond acceptors (Lipinski definition) is 5. The van der Waals surface area contributed by atoms with E-state index in [0.29, 0.717) is 6.07 Å². The summed E-state index contributed by atoms with van der Waals surface area (Å²) in [5.74, 6) is -0.640. The number of hydrogen-bond donors (Lipinski definition) is 2. The van der Waals surface area contributed by atoms with Crippen LogP contribution in [0.4, 0.5) is 17.6 Å². The first-order valence-electron chi connectivity index (χ1n) is 8.38. The molecule has 30 heavy (non-hydrogen) atoms. The first-order valence-corrected chi connectivity index (χ1v) is 10.2. The lowest BCUT2D eigenvalue weighted by molar-refractivity contribution is -0.139. The molecule has 6 nitrogen and oxygen atoms in total. The molecule has 2 rings (SSSR count). The monoisotopic (exact) mass is 465 g/mol. The fourth-order valence-corrected chi connectivity index (χ4v) is 3.80. The number of halogens is 5. The molecule has 0 aliphatic carbocycles. The second-order valence-corrected chi connectivity index (χ2v) is 8.32. The van der Waals surface area contributed by atoms with Crippen LogP contribution in [0.3, 0.4) is 0 Å². The minimum atomic E-state index is -4.91. The number of nitrogens with two attached hydrogens (primary N) is 1. The predicted octanol–water partition coefficient (Wildman–Crippen LogP) is 3.44. The first kappa shape index (κ1) is 23.9. The van der Waals surface area contributed by atoms with Gasteiger partial charge >= 0.3 is 6.18 Å². The molecule has 2 aromatic carbocycles. The van der Waals surface area contributed by atoms with Gasteiger partial charge in [-0.1, -0.05) is 11.6 Å². The van der Waals surface area contributed by atoms with Gasteiger partial charge in [0.15, 0.2) is 0 Å². The van der Waals surface area contributed by atoms with Crippen LogP contribution in [0.2, 0.25) is 5.02 Å². The molecule has 0 amide bonds. The number of nitrogens with one attached hydrogen (secondary N) is 1. The highest BCUT2D eigenvalue weighted by Gasteiger charge is 2.37. The summed E-state index contributed by atoms with van der Waals surface area (Å²) in [5, 5.41) is 8.42. The summed E-state index contributed by atoms with van der Waals surface area (Å²) >= 11 is 5.55. The predicted molar refractivity (Wildman–Crippen MR) is 101 cm³/mol. The Balaban J connectivity index is 1.94. The molecule has 1 atom stereocenters. The molecule has 0 heterocycles. The van der Waals surface area contributed by atoms with Crippen LogP contribution >= 0.6 is 11.6 Å². The topological polar surface area (TPSA) is 105 Å². The van der Waals surface area contributed by atoms with Crippen molar-refractivity contribution in [3.63, 3.8) is 0 Å². The van der Waals surface area contributed by atoms with Crippen molar-refractivity contribution < 1.29 is 30.7 Å². The molecule has 12 heteroatoms. The zero-order chi connectivity index (χ0) is 22.5. The molecular weight excluding hydrogens is 450 g/mol. The largest absolute Gasteiger partial charge is 0.492 e. The summed E-state index contributed by atoms with van der Waals surface area (Å²) in [6, 6.07) is 6.93.